The lowest BCUT2D eigenvalue weighted by atomic mass is 9.82. The number of likely N-dealkylation sites (N-methyl/N-ethyl adjacent to an activating group) is 1. The summed E-state index contributed by atoms with van der Waals surface area (Å²) in [6.07, 6.45) is 7.95. The normalized spacial score (nSPS) is 34.7. The van der Waals surface area contributed by atoms with Crippen LogP contribution >= 0.6 is 0 Å². The van der Waals surface area contributed by atoms with Gasteiger partial charge in [-0.25, -0.2) is 0 Å². The van der Waals surface area contributed by atoms with E-state index >= 15 is 0 Å². The molecule has 2 aliphatic rings. The van der Waals surface area contributed by atoms with Gasteiger partial charge in [-0.2, -0.15) is 0 Å². The van der Waals surface area contributed by atoms with Crippen LogP contribution in [0.5, 0.6) is 0 Å². The first-order valence-electron chi connectivity index (χ1n) is 7.70. The predicted octanol–water partition coefficient (Wildman–Crippen LogP) is 2.60. The highest BCUT2D eigenvalue weighted by molar-refractivity contribution is 4.85. The van der Waals surface area contributed by atoms with Crippen molar-refractivity contribution in [1.29, 1.82) is 0 Å². The predicted molar refractivity (Wildman–Crippen MR) is 73.8 cm³/mol. The highest BCUT2D eigenvalue weighted by Crippen LogP contribution is 2.29. The Balaban J connectivity index is 1.76. The van der Waals surface area contributed by atoms with Crippen LogP contribution in [0.15, 0.2) is 0 Å². The number of hydrogen-bond acceptors (Lipinski definition) is 3. The zero-order valence-corrected chi connectivity index (χ0v) is 12.0. The third kappa shape index (κ3) is 3.94. The maximum absolute atomic E-state index is 6.24. The highest BCUT2D eigenvalue weighted by Gasteiger charge is 2.30. The Morgan fingerprint density at radius 1 is 1.11 bits per heavy atom. The highest BCUT2D eigenvalue weighted by atomic mass is 16.5. The quantitative estimate of drug-likeness (QED) is 0.819. The van der Waals surface area contributed by atoms with Crippen LogP contribution in [0, 0.1) is 11.8 Å². The first-order valence-corrected chi connectivity index (χ1v) is 7.70. The molecule has 3 heteroatoms. The minimum absolute atomic E-state index is 0.427. The molecule has 0 aromatic carbocycles. The molecule has 0 bridgehead atoms. The number of nitrogens with one attached hydrogen (secondary N) is 1. The van der Waals surface area contributed by atoms with E-state index in [2.05, 4.69) is 19.3 Å². The number of ether oxygens (including phenoxy) is 2. The second-order valence-electron chi connectivity index (χ2n) is 5.91. The Hall–Kier alpha value is -0.120. The van der Waals surface area contributed by atoms with Crippen LogP contribution in [0.4, 0.5) is 0 Å². The fourth-order valence-corrected chi connectivity index (χ4v) is 3.27. The Bertz CT molecular complexity index is 229. The van der Waals surface area contributed by atoms with E-state index in [-0.39, 0.29) is 0 Å². The van der Waals surface area contributed by atoms with Gasteiger partial charge in [-0.3, -0.25) is 0 Å². The molecule has 18 heavy (non-hydrogen) atoms. The monoisotopic (exact) mass is 255 g/mol. The molecule has 1 N–H and O–H groups in total. The average molecular weight is 255 g/mol. The standard InChI is InChI=1S/C15H29NO2/c1-3-12-4-5-14(16-2)15(10-12)18-11-13-6-8-17-9-7-13/h12-16H,3-11H2,1-2H3. The van der Waals surface area contributed by atoms with Crippen LogP contribution in [0.25, 0.3) is 0 Å². The van der Waals surface area contributed by atoms with Crippen molar-refractivity contribution >= 4 is 0 Å². The maximum atomic E-state index is 6.24. The molecule has 106 valence electrons. The van der Waals surface area contributed by atoms with Gasteiger partial charge in [0, 0.05) is 19.3 Å². The van der Waals surface area contributed by atoms with Crippen molar-refractivity contribution in [2.75, 3.05) is 26.9 Å². The third-order valence-corrected chi connectivity index (χ3v) is 4.74. The minimum Gasteiger partial charge on any atom is -0.381 e. The summed E-state index contributed by atoms with van der Waals surface area (Å²) in [4.78, 5) is 0. The van der Waals surface area contributed by atoms with Gasteiger partial charge in [0.15, 0.2) is 0 Å². The molecule has 1 aliphatic carbocycles. The topological polar surface area (TPSA) is 30.5 Å². The maximum Gasteiger partial charge on any atom is 0.0730 e. The van der Waals surface area contributed by atoms with Crippen LogP contribution in [0.2, 0.25) is 0 Å². The number of hydrogen-bond donors (Lipinski definition) is 1. The van der Waals surface area contributed by atoms with Crippen molar-refractivity contribution in [2.45, 2.75) is 57.6 Å². The summed E-state index contributed by atoms with van der Waals surface area (Å²) < 4.78 is 11.6. The van der Waals surface area contributed by atoms with Gasteiger partial charge in [-0.15, -0.1) is 0 Å². The molecule has 0 aromatic heterocycles. The van der Waals surface area contributed by atoms with Crippen LogP contribution in [-0.2, 0) is 9.47 Å². The van der Waals surface area contributed by atoms with E-state index < -0.39 is 0 Å². The van der Waals surface area contributed by atoms with E-state index in [4.69, 9.17) is 9.47 Å². The lowest BCUT2D eigenvalue weighted by Crippen LogP contribution is -2.44. The van der Waals surface area contributed by atoms with E-state index in [1.165, 1.54) is 38.5 Å². The zero-order chi connectivity index (χ0) is 12.8. The smallest absolute Gasteiger partial charge is 0.0730 e. The summed E-state index contributed by atoms with van der Waals surface area (Å²) in [6, 6.07) is 0.563. The van der Waals surface area contributed by atoms with Gasteiger partial charge in [-0.1, -0.05) is 13.3 Å². The van der Waals surface area contributed by atoms with E-state index in [9.17, 15) is 0 Å². The summed E-state index contributed by atoms with van der Waals surface area (Å²) in [7, 11) is 2.07. The summed E-state index contributed by atoms with van der Waals surface area (Å²) in [5, 5.41) is 3.44. The Morgan fingerprint density at radius 3 is 2.56 bits per heavy atom. The van der Waals surface area contributed by atoms with E-state index in [0.29, 0.717) is 12.1 Å². The van der Waals surface area contributed by atoms with Crippen molar-refractivity contribution in [2.24, 2.45) is 11.8 Å². The Kier molecular flexibility index (Phi) is 5.93. The van der Waals surface area contributed by atoms with Gasteiger partial charge < -0.3 is 14.8 Å². The molecule has 0 amide bonds. The molecule has 3 nitrogen and oxygen atoms in total. The van der Waals surface area contributed by atoms with Crippen molar-refractivity contribution in [1.82, 2.24) is 5.32 Å². The van der Waals surface area contributed by atoms with Crippen molar-refractivity contribution < 1.29 is 9.47 Å². The molecular formula is C15H29NO2. The molecule has 2 rings (SSSR count). The van der Waals surface area contributed by atoms with Gasteiger partial charge >= 0.3 is 0 Å². The summed E-state index contributed by atoms with van der Waals surface area (Å²) in [5.41, 5.74) is 0. The lowest BCUT2D eigenvalue weighted by Gasteiger charge is -2.36. The summed E-state index contributed by atoms with van der Waals surface area (Å²) in [6.45, 7) is 5.08. The first-order chi connectivity index (χ1) is 8.83. The van der Waals surface area contributed by atoms with Gasteiger partial charge in [-0.05, 0) is 51.0 Å². The lowest BCUT2D eigenvalue weighted by molar-refractivity contribution is -0.0442. The van der Waals surface area contributed by atoms with E-state index in [1.807, 2.05) is 0 Å². The Morgan fingerprint density at radius 2 is 1.89 bits per heavy atom. The van der Waals surface area contributed by atoms with Crippen LogP contribution in [0.1, 0.15) is 45.4 Å². The second kappa shape index (κ2) is 7.46. The van der Waals surface area contributed by atoms with Crippen molar-refractivity contribution in [3.05, 3.63) is 0 Å². The van der Waals surface area contributed by atoms with Gasteiger partial charge in [0.25, 0.3) is 0 Å². The van der Waals surface area contributed by atoms with Crippen LogP contribution < -0.4 is 5.32 Å². The molecule has 0 radical (unpaired) electrons. The molecule has 0 spiro atoms. The largest absolute Gasteiger partial charge is 0.381 e. The molecule has 1 saturated heterocycles. The molecule has 3 atom stereocenters. The SMILES string of the molecule is CCC1CCC(NC)C(OCC2CCOCC2)C1. The summed E-state index contributed by atoms with van der Waals surface area (Å²) >= 11 is 0. The molecule has 0 aromatic rings. The fourth-order valence-electron chi connectivity index (χ4n) is 3.27. The molecule has 3 unspecified atom stereocenters. The molecular weight excluding hydrogens is 226 g/mol. The molecule has 2 fully saturated rings. The average Bonchev–Trinajstić information content (AvgIpc) is 2.45. The van der Waals surface area contributed by atoms with Crippen molar-refractivity contribution in [3.8, 4) is 0 Å². The van der Waals surface area contributed by atoms with Gasteiger partial charge in [0.1, 0.15) is 0 Å². The number of rotatable bonds is 5. The third-order valence-electron chi connectivity index (χ3n) is 4.74. The van der Waals surface area contributed by atoms with Crippen LogP contribution in [0.3, 0.4) is 0 Å². The fraction of sp³-hybridized carbons (Fsp3) is 1.00. The summed E-state index contributed by atoms with van der Waals surface area (Å²) in [5.74, 6) is 1.59. The molecule has 1 heterocycles. The van der Waals surface area contributed by atoms with E-state index in [1.54, 1.807) is 0 Å². The van der Waals surface area contributed by atoms with Crippen molar-refractivity contribution in [3.63, 3.8) is 0 Å². The molecule has 1 saturated carbocycles. The van der Waals surface area contributed by atoms with Gasteiger partial charge in [0.2, 0.25) is 0 Å². The van der Waals surface area contributed by atoms with Gasteiger partial charge in [0.05, 0.1) is 12.7 Å². The zero-order valence-electron chi connectivity index (χ0n) is 12.0. The first kappa shape index (κ1) is 14.3. The Labute approximate surface area is 112 Å². The van der Waals surface area contributed by atoms with E-state index in [0.717, 1.165) is 31.7 Å². The molecule has 1 aliphatic heterocycles. The van der Waals surface area contributed by atoms with Crippen LogP contribution in [-0.4, -0.2) is 39.0 Å². The second-order valence-corrected chi connectivity index (χ2v) is 5.91. The minimum atomic E-state index is 0.427.